The smallest absolute Gasteiger partial charge is 0.252 e. The van der Waals surface area contributed by atoms with Crippen molar-refractivity contribution < 1.29 is 9.53 Å². The molecule has 0 radical (unpaired) electrons. The van der Waals surface area contributed by atoms with Gasteiger partial charge in [0, 0.05) is 42.1 Å². The average Bonchev–Trinajstić information content (AvgIpc) is 3.51. The number of carbonyl (C=O) groups excluding carboxylic acids is 1. The van der Waals surface area contributed by atoms with Crippen molar-refractivity contribution in [3.63, 3.8) is 0 Å². The highest BCUT2D eigenvalue weighted by molar-refractivity contribution is 5.97. The third-order valence-corrected chi connectivity index (χ3v) is 6.57. The van der Waals surface area contributed by atoms with Crippen molar-refractivity contribution in [3.8, 4) is 16.9 Å². The van der Waals surface area contributed by atoms with Crippen molar-refractivity contribution in [1.29, 1.82) is 0 Å². The monoisotopic (exact) mass is 447 g/mol. The van der Waals surface area contributed by atoms with Gasteiger partial charge in [-0.1, -0.05) is 6.07 Å². The Hall–Kier alpha value is -3.32. The number of aryl methyl sites for hydroxylation is 1. The molecule has 1 aliphatic rings. The Morgan fingerprint density at radius 1 is 1.24 bits per heavy atom. The maximum absolute atomic E-state index is 13.3. The molecular weight excluding hydrogens is 414 g/mol. The number of rotatable bonds is 7. The minimum Gasteiger partial charge on any atom is -0.497 e. The minimum atomic E-state index is -0.189. The molecule has 7 heteroatoms. The Morgan fingerprint density at radius 2 is 2.06 bits per heavy atom. The fourth-order valence-corrected chi connectivity index (χ4v) is 4.37. The molecule has 3 aromatic rings. The third-order valence-electron chi connectivity index (χ3n) is 6.57. The Kier molecular flexibility index (Phi) is 6.70. The molecule has 0 unspecified atom stereocenters. The van der Waals surface area contributed by atoms with Crippen molar-refractivity contribution in [2.75, 3.05) is 39.2 Å². The van der Waals surface area contributed by atoms with Crippen molar-refractivity contribution in [2.45, 2.75) is 32.4 Å². The number of H-pyrrole nitrogens is 1. The first-order valence-electron chi connectivity index (χ1n) is 11.4. The van der Waals surface area contributed by atoms with E-state index in [1.165, 1.54) is 0 Å². The van der Waals surface area contributed by atoms with Crippen molar-refractivity contribution in [1.82, 2.24) is 20.4 Å². The van der Waals surface area contributed by atoms with E-state index in [2.05, 4.69) is 51.5 Å². The Balaban J connectivity index is 1.53. The molecule has 0 aliphatic carbocycles. The lowest BCUT2D eigenvalue weighted by Gasteiger charge is -2.23. The number of nitrogens with zero attached hydrogens (tertiary/aromatic N) is 3. The number of amides is 1. The van der Waals surface area contributed by atoms with Gasteiger partial charge in [0.05, 0.1) is 19.3 Å². The van der Waals surface area contributed by atoms with Crippen LogP contribution in [0.3, 0.4) is 0 Å². The highest BCUT2D eigenvalue weighted by Gasteiger charge is 2.25. The van der Waals surface area contributed by atoms with E-state index in [0.717, 1.165) is 53.2 Å². The molecule has 174 valence electrons. The third kappa shape index (κ3) is 5.03. The molecule has 1 saturated heterocycles. The first-order valence-corrected chi connectivity index (χ1v) is 11.4. The van der Waals surface area contributed by atoms with Crippen LogP contribution in [0.5, 0.6) is 5.75 Å². The fraction of sp³-hybridized carbons (Fsp3) is 0.385. The average molecular weight is 448 g/mol. The van der Waals surface area contributed by atoms with E-state index in [4.69, 9.17) is 4.74 Å². The van der Waals surface area contributed by atoms with Gasteiger partial charge in [-0.25, -0.2) is 0 Å². The lowest BCUT2D eigenvalue weighted by molar-refractivity contribution is 0.0939. The molecule has 0 saturated carbocycles. The van der Waals surface area contributed by atoms with E-state index in [9.17, 15) is 4.79 Å². The standard InChI is InChI=1S/C26H33N5O2/c1-17-6-7-22(31-9-8-23(16-31)30(3)4)13-25(17)26(32)29-18(2)19-10-20(12-24(11-19)33-5)21-14-27-28-15-21/h6-7,10-15,18,23H,8-9,16H2,1-5H3,(H,27,28)(H,29,32)/t18-,23+/m1/s1. The zero-order valence-electron chi connectivity index (χ0n) is 20.1. The largest absolute Gasteiger partial charge is 0.497 e. The number of aromatic amines is 1. The highest BCUT2D eigenvalue weighted by atomic mass is 16.5. The van der Waals surface area contributed by atoms with Crippen molar-refractivity contribution in [3.05, 3.63) is 65.5 Å². The molecule has 1 amide bonds. The van der Waals surface area contributed by atoms with Crippen LogP contribution in [0, 0.1) is 6.92 Å². The van der Waals surface area contributed by atoms with Gasteiger partial charge in [0.1, 0.15) is 5.75 Å². The molecule has 1 aromatic heterocycles. The summed E-state index contributed by atoms with van der Waals surface area (Å²) in [6.07, 6.45) is 4.75. The van der Waals surface area contributed by atoms with E-state index < -0.39 is 0 Å². The summed E-state index contributed by atoms with van der Waals surface area (Å²) in [7, 11) is 5.90. The Bertz CT molecular complexity index is 1110. The van der Waals surface area contributed by atoms with Gasteiger partial charge in [0.15, 0.2) is 0 Å². The predicted octanol–water partition coefficient (Wildman–Crippen LogP) is 4.03. The summed E-state index contributed by atoms with van der Waals surface area (Å²) in [5.41, 5.74) is 5.72. The van der Waals surface area contributed by atoms with Crippen LogP contribution < -0.4 is 15.0 Å². The molecule has 2 aromatic carbocycles. The summed E-state index contributed by atoms with van der Waals surface area (Å²) < 4.78 is 5.50. The molecule has 1 fully saturated rings. The number of hydrogen-bond donors (Lipinski definition) is 2. The van der Waals surface area contributed by atoms with Crippen LogP contribution in [-0.2, 0) is 0 Å². The van der Waals surface area contributed by atoms with Gasteiger partial charge in [0.25, 0.3) is 5.91 Å². The quantitative estimate of drug-likeness (QED) is 0.572. The number of carbonyl (C=O) groups is 1. The number of hydrogen-bond acceptors (Lipinski definition) is 5. The van der Waals surface area contributed by atoms with Crippen LogP contribution in [0.2, 0.25) is 0 Å². The maximum atomic E-state index is 13.3. The molecule has 2 N–H and O–H groups in total. The number of anilines is 1. The lowest BCUT2D eigenvalue weighted by atomic mass is 10.0. The summed E-state index contributed by atoms with van der Waals surface area (Å²) in [6.45, 7) is 5.96. The second-order valence-corrected chi connectivity index (χ2v) is 9.03. The predicted molar refractivity (Wildman–Crippen MR) is 132 cm³/mol. The van der Waals surface area contributed by atoms with Crippen LogP contribution >= 0.6 is 0 Å². The molecule has 0 spiro atoms. The number of likely N-dealkylation sites (N-methyl/N-ethyl adjacent to an activating group) is 1. The fourth-order valence-electron chi connectivity index (χ4n) is 4.37. The maximum Gasteiger partial charge on any atom is 0.252 e. The molecule has 7 nitrogen and oxygen atoms in total. The minimum absolute atomic E-state index is 0.0714. The second kappa shape index (κ2) is 9.67. The first-order chi connectivity index (χ1) is 15.9. The molecule has 4 rings (SSSR count). The lowest BCUT2D eigenvalue weighted by Crippen LogP contribution is -2.31. The molecule has 33 heavy (non-hydrogen) atoms. The molecule has 0 bridgehead atoms. The highest BCUT2D eigenvalue weighted by Crippen LogP contribution is 2.29. The van der Waals surface area contributed by atoms with Crippen LogP contribution in [0.25, 0.3) is 11.1 Å². The molecule has 2 heterocycles. The SMILES string of the molecule is COc1cc(-c2cn[nH]c2)cc([C@@H](C)NC(=O)c2cc(N3CC[C@H](N(C)C)C3)ccc2C)c1. The Morgan fingerprint density at radius 3 is 2.73 bits per heavy atom. The van der Waals surface area contributed by atoms with Gasteiger partial charge in [-0.15, -0.1) is 0 Å². The van der Waals surface area contributed by atoms with Crippen LogP contribution in [0.1, 0.15) is 40.9 Å². The molecular formula is C26H33N5O2. The van der Waals surface area contributed by atoms with E-state index in [-0.39, 0.29) is 11.9 Å². The summed E-state index contributed by atoms with van der Waals surface area (Å²) >= 11 is 0. The van der Waals surface area contributed by atoms with Crippen molar-refractivity contribution >= 4 is 11.6 Å². The number of ether oxygens (including phenoxy) is 1. The zero-order chi connectivity index (χ0) is 23.5. The zero-order valence-corrected chi connectivity index (χ0v) is 20.1. The summed E-state index contributed by atoms with van der Waals surface area (Å²) in [6, 6.07) is 12.5. The first kappa shape index (κ1) is 22.9. The van der Waals surface area contributed by atoms with Gasteiger partial charge in [-0.3, -0.25) is 9.89 Å². The normalized spacial score (nSPS) is 16.8. The number of aromatic nitrogens is 2. The van der Waals surface area contributed by atoms with E-state index in [1.807, 2.05) is 44.3 Å². The van der Waals surface area contributed by atoms with Gasteiger partial charge in [-0.2, -0.15) is 5.10 Å². The second-order valence-electron chi connectivity index (χ2n) is 9.03. The number of nitrogens with one attached hydrogen (secondary N) is 2. The molecule has 1 aliphatic heterocycles. The summed E-state index contributed by atoms with van der Waals surface area (Å²) in [5, 5.41) is 10.1. The van der Waals surface area contributed by atoms with Crippen molar-refractivity contribution in [2.24, 2.45) is 0 Å². The van der Waals surface area contributed by atoms with Crippen LogP contribution in [0.4, 0.5) is 5.69 Å². The van der Waals surface area contributed by atoms with E-state index >= 15 is 0 Å². The van der Waals surface area contributed by atoms with Gasteiger partial charge in [-0.05, 0) is 81.4 Å². The van der Waals surface area contributed by atoms with Crippen LogP contribution in [-0.4, -0.2) is 61.3 Å². The van der Waals surface area contributed by atoms with Gasteiger partial charge in [0.2, 0.25) is 0 Å². The van der Waals surface area contributed by atoms with E-state index in [1.54, 1.807) is 13.3 Å². The van der Waals surface area contributed by atoms with Gasteiger partial charge < -0.3 is 19.9 Å². The summed E-state index contributed by atoms with van der Waals surface area (Å²) in [4.78, 5) is 17.9. The van der Waals surface area contributed by atoms with Gasteiger partial charge >= 0.3 is 0 Å². The number of methoxy groups -OCH3 is 1. The van der Waals surface area contributed by atoms with Crippen LogP contribution in [0.15, 0.2) is 48.8 Å². The van der Waals surface area contributed by atoms with E-state index in [0.29, 0.717) is 11.6 Å². The Labute approximate surface area is 195 Å². The topological polar surface area (TPSA) is 73.5 Å². The summed E-state index contributed by atoms with van der Waals surface area (Å²) in [5.74, 6) is 0.672. The number of benzene rings is 2. The molecule has 2 atom stereocenters.